The molecule has 3 heteroatoms. The Kier molecular flexibility index (Phi) is 7.61. The molecule has 0 saturated heterocycles. The van der Waals surface area contributed by atoms with E-state index in [1.807, 2.05) is 0 Å². The summed E-state index contributed by atoms with van der Waals surface area (Å²) in [6, 6.07) is 80.0. The number of benzene rings is 9. The number of hydrogen-bond acceptors (Lipinski definition) is 2. The van der Waals surface area contributed by atoms with Gasteiger partial charge < -0.3 is 9.64 Å². The van der Waals surface area contributed by atoms with Gasteiger partial charge in [0.2, 0.25) is 0 Å². The molecule has 0 atom stereocenters. The highest BCUT2D eigenvalue weighted by molar-refractivity contribution is 6.96. The van der Waals surface area contributed by atoms with Crippen molar-refractivity contribution < 1.29 is 4.74 Å². The lowest BCUT2D eigenvalue weighted by molar-refractivity contribution is 0.435. The first-order valence-electron chi connectivity index (χ1n) is 19.3. The molecule has 0 bridgehead atoms. The molecule has 2 aliphatic heterocycles. The summed E-state index contributed by atoms with van der Waals surface area (Å²) in [5.41, 5.74) is 10.1. The first kappa shape index (κ1) is 32.5. The van der Waals surface area contributed by atoms with E-state index in [2.05, 4.69) is 223 Å². The minimum atomic E-state index is -1.40. The SMILES string of the molecule is c1ccc(N(c2ccc(-c3cccc4ccccc34)cc2)c2ccc3c(c2)C2(c4ccccc4Oc4ccccc42)c2ccccc2[Si]3c2ccccc2)cc1. The monoisotopic (exact) mass is 730 g/mol. The maximum absolute atomic E-state index is 6.74. The zero-order valence-electron chi connectivity index (χ0n) is 30.6. The second-order valence-electron chi connectivity index (χ2n) is 14.6. The highest BCUT2D eigenvalue weighted by atomic mass is 28.3. The van der Waals surface area contributed by atoms with Crippen LogP contribution < -0.4 is 25.2 Å². The smallest absolute Gasteiger partial charge is 0.155 e. The lowest BCUT2D eigenvalue weighted by Crippen LogP contribution is -2.62. The van der Waals surface area contributed by atoms with E-state index in [0.29, 0.717) is 0 Å². The predicted molar refractivity (Wildman–Crippen MR) is 234 cm³/mol. The van der Waals surface area contributed by atoms with Crippen molar-refractivity contribution in [3.05, 3.63) is 241 Å². The molecule has 1 radical (unpaired) electrons. The summed E-state index contributed by atoms with van der Waals surface area (Å²) in [6.07, 6.45) is 0. The number of fused-ring (bicyclic) bond motifs is 9. The van der Waals surface area contributed by atoms with Crippen molar-refractivity contribution in [3.63, 3.8) is 0 Å². The van der Waals surface area contributed by atoms with Gasteiger partial charge in [-0.25, -0.2) is 0 Å². The second-order valence-corrected chi connectivity index (χ2v) is 17.0. The molecular weight excluding hydrogens is 695 g/mol. The van der Waals surface area contributed by atoms with Crippen LogP contribution in [0.1, 0.15) is 22.3 Å². The molecule has 1 spiro atoms. The van der Waals surface area contributed by atoms with Gasteiger partial charge in [-0.1, -0.05) is 175 Å². The number of ether oxygens (including phenoxy) is 1. The van der Waals surface area contributed by atoms with Crippen LogP contribution in [-0.4, -0.2) is 8.80 Å². The molecule has 0 saturated carbocycles. The summed E-state index contributed by atoms with van der Waals surface area (Å²) in [7, 11) is -1.40. The van der Waals surface area contributed by atoms with Gasteiger partial charge in [-0.05, 0) is 91.9 Å². The lowest BCUT2D eigenvalue weighted by atomic mass is 9.63. The van der Waals surface area contributed by atoms with Crippen molar-refractivity contribution in [1.82, 2.24) is 0 Å². The Morgan fingerprint density at radius 2 is 0.946 bits per heavy atom. The average molecular weight is 731 g/mol. The predicted octanol–water partition coefficient (Wildman–Crippen LogP) is 11.3. The number of nitrogens with zero attached hydrogens (tertiary/aromatic N) is 1. The van der Waals surface area contributed by atoms with Crippen LogP contribution in [0.15, 0.2) is 218 Å². The molecule has 9 aromatic carbocycles. The molecule has 263 valence electrons. The summed E-state index contributed by atoms with van der Waals surface area (Å²) in [5.74, 6) is 1.80. The zero-order valence-corrected chi connectivity index (χ0v) is 31.6. The summed E-state index contributed by atoms with van der Waals surface area (Å²) in [6.45, 7) is 0. The van der Waals surface area contributed by atoms with E-state index < -0.39 is 14.2 Å². The fourth-order valence-electron chi connectivity index (χ4n) is 9.30. The molecule has 0 unspecified atom stereocenters. The molecule has 11 rings (SSSR count). The molecule has 0 aromatic heterocycles. The Balaban J connectivity index is 1.17. The van der Waals surface area contributed by atoms with Crippen LogP contribution in [0.3, 0.4) is 0 Å². The summed E-state index contributed by atoms with van der Waals surface area (Å²) in [4.78, 5) is 2.41. The van der Waals surface area contributed by atoms with Gasteiger partial charge in [0.05, 0.1) is 5.41 Å². The molecular formula is C53H36NOSi. The molecule has 0 N–H and O–H groups in total. The first-order valence-corrected chi connectivity index (χ1v) is 20.8. The topological polar surface area (TPSA) is 12.5 Å². The minimum Gasteiger partial charge on any atom is -0.457 e. The van der Waals surface area contributed by atoms with Crippen molar-refractivity contribution in [2.24, 2.45) is 0 Å². The van der Waals surface area contributed by atoms with Crippen LogP contribution in [-0.2, 0) is 5.41 Å². The van der Waals surface area contributed by atoms with Crippen molar-refractivity contribution in [2.75, 3.05) is 4.90 Å². The van der Waals surface area contributed by atoms with E-state index in [1.54, 1.807) is 0 Å². The molecule has 2 nitrogen and oxygen atoms in total. The van der Waals surface area contributed by atoms with Gasteiger partial charge in [-0.15, -0.1) is 0 Å². The van der Waals surface area contributed by atoms with E-state index in [4.69, 9.17) is 4.74 Å². The average Bonchev–Trinajstić information content (AvgIpc) is 3.27. The van der Waals surface area contributed by atoms with Crippen molar-refractivity contribution in [3.8, 4) is 22.6 Å². The van der Waals surface area contributed by atoms with Crippen LogP contribution in [0.2, 0.25) is 0 Å². The number of anilines is 3. The third-order valence-corrected chi connectivity index (χ3v) is 14.5. The quantitative estimate of drug-likeness (QED) is 0.164. The van der Waals surface area contributed by atoms with E-state index in [9.17, 15) is 0 Å². The Labute approximate surface area is 329 Å². The van der Waals surface area contributed by atoms with Gasteiger partial charge in [-0.3, -0.25) is 0 Å². The molecule has 56 heavy (non-hydrogen) atoms. The zero-order chi connectivity index (χ0) is 37.1. The normalized spacial score (nSPS) is 13.6. The Morgan fingerprint density at radius 3 is 1.70 bits per heavy atom. The van der Waals surface area contributed by atoms with Crippen molar-refractivity contribution >= 4 is 52.2 Å². The van der Waals surface area contributed by atoms with Gasteiger partial charge in [0.15, 0.2) is 8.80 Å². The Morgan fingerprint density at radius 1 is 0.393 bits per heavy atom. The van der Waals surface area contributed by atoms with Crippen molar-refractivity contribution in [1.29, 1.82) is 0 Å². The minimum absolute atomic E-state index is 0.600. The van der Waals surface area contributed by atoms with Gasteiger partial charge in [0, 0.05) is 28.2 Å². The molecule has 9 aromatic rings. The Bertz CT molecular complexity index is 2850. The standard InChI is InChI=1S/C53H36NOSi/c1-3-18-39(19-4-1)54(40-32-30-38(31-33-40)44-23-15-17-37-16-7-8-22-43(37)44)41-34-35-52-48(36-41)53(45-24-9-12-27-49(45)55-50-28-13-10-25-46(50)53)47-26-11-14-29-51(47)56(52)42-20-5-2-6-21-42/h1-36H. The number of hydrogen-bond donors (Lipinski definition) is 0. The van der Waals surface area contributed by atoms with Crippen LogP contribution >= 0.6 is 0 Å². The van der Waals surface area contributed by atoms with Gasteiger partial charge in [-0.2, -0.15) is 0 Å². The highest BCUT2D eigenvalue weighted by Crippen LogP contribution is 2.56. The first-order chi connectivity index (χ1) is 27.8. The highest BCUT2D eigenvalue weighted by Gasteiger charge is 2.51. The molecule has 0 amide bonds. The van der Waals surface area contributed by atoms with E-state index >= 15 is 0 Å². The third kappa shape index (κ3) is 4.95. The largest absolute Gasteiger partial charge is 0.457 e. The molecule has 2 heterocycles. The van der Waals surface area contributed by atoms with Crippen molar-refractivity contribution in [2.45, 2.75) is 5.41 Å². The number of rotatable bonds is 5. The summed E-state index contributed by atoms with van der Waals surface area (Å²) >= 11 is 0. The van der Waals surface area contributed by atoms with Gasteiger partial charge in [0.1, 0.15) is 11.5 Å². The van der Waals surface area contributed by atoms with Gasteiger partial charge in [0.25, 0.3) is 0 Å². The summed E-state index contributed by atoms with van der Waals surface area (Å²) < 4.78 is 6.74. The van der Waals surface area contributed by atoms with Crippen LogP contribution in [0.4, 0.5) is 17.1 Å². The third-order valence-electron chi connectivity index (χ3n) is 11.6. The van der Waals surface area contributed by atoms with E-state index in [-0.39, 0.29) is 0 Å². The number of para-hydroxylation sites is 3. The fraction of sp³-hybridized carbons (Fsp3) is 0.0189. The van der Waals surface area contributed by atoms with E-state index in [1.165, 1.54) is 59.7 Å². The van der Waals surface area contributed by atoms with Crippen LogP contribution in [0.5, 0.6) is 11.5 Å². The second kappa shape index (κ2) is 13.1. The van der Waals surface area contributed by atoms with Crippen LogP contribution in [0.25, 0.3) is 21.9 Å². The fourth-order valence-corrected chi connectivity index (χ4v) is 12.3. The lowest BCUT2D eigenvalue weighted by Gasteiger charge is -2.47. The summed E-state index contributed by atoms with van der Waals surface area (Å²) in [5, 5.41) is 6.70. The maximum Gasteiger partial charge on any atom is 0.155 e. The van der Waals surface area contributed by atoms with E-state index in [0.717, 1.165) is 28.6 Å². The molecule has 2 aliphatic rings. The van der Waals surface area contributed by atoms with Gasteiger partial charge >= 0.3 is 0 Å². The maximum atomic E-state index is 6.74. The molecule has 0 aliphatic carbocycles. The van der Waals surface area contributed by atoms with Crippen LogP contribution in [0, 0.1) is 0 Å². The Hall–Kier alpha value is -6.94. The molecule has 0 fully saturated rings.